The topological polar surface area (TPSA) is 98.7 Å². The largest absolute Gasteiger partial charge is 0.465 e. The lowest BCUT2D eigenvalue weighted by Crippen LogP contribution is -2.42. The first kappa shape index (κ1) is 23.9. The molecule has 2 fully saturated rings. The van der Waals surface area contributed by atoms with Crippen LogP contribution in [0, 0.1) is 11.8 Å². The molecule has 2 aromatic rings. The van der Waals surface area contributed by atoms with Crippen molar-refractivity contribution in [1.82, 2.24) is 20.4 Å². The molecule has 4 rings (SSSR count). The molecule has 1 aromatic heterocycles. The maximum absolute atomic E-state index is 13.3. The standard InChI is InChI=1S/C22H24Cl3N5O3/c23-17-2-1-14(9-18(17)24)16-12-30(11-15(16)10-26-22(32)33)21(31)13-5-7-29(8-6-13)20-4-3-19(25)27-28-20/h1-4,9,13,15-16,26H,5-8,10-12H2,(H,32,33)/t15-,16-/m1/s1. The van der Waals surface area contributed by atoms with Crippen molar-refractivity contribution < 1.29 is 14.7 Å². The molecule has 2 saturated heterocycles. The van der Waals surface area contributed by atoms with E-state index in [1.807, 2.05) is 23.1 Å². The summed E-state index contributed by atoms with van der Waals surface area (Å²) in [4.78, 5) is 28.4. The number of hydrogen-bond acceptors (Lipinski definition) is 5. The molecule has 2 aliphatic heterocycles. The van der Waals surface area contributed by atoms with Crippen molar-refractivity contribution in [1.29, 1.82) is 0 Å². The number of carboxylic acid groups (broad SMARTS) is 1. The van der Waals surface area contributed by atoms with E-state index in [1.165, 1.54) is 0 Å². The van der Waals surface area contributed by atoms with Crippen LogP contribution in [0.2, 0.25) is 15.2 Å². The van der Waals surface area contributed by atoms with Crippen LogP contribution < -0.4 is 10.2 Å². The summed E-state index contributed by atoms with van der Waals surface area (Å²) in [6, 6.07) is 8.98. The molecule has 2 atom stereocenters. The van der Waals surface area contributed by atoms with Crippen molar-refractivity contribution in [3.8, 4) is 0 Å². The molecule has 0 unspecified atom stereocenters. The van der Waals surface area contributed by atoms with E-state index in [4.69, 9.17) is 39.9 Å². The first-order chi connectivity index (χ1) is 15.8. The number of aromatic nitrogens is 2. The minimum Gasteiger partial charge on any atom is -0.465 e. The van der Waals surface area contributed by atoms with Gasteiger partial charge in [-0.3, -0.25) is 4.79 Å². The molecule has 2 N–H and O–H groups in total. The van der Waals surface area contributed by atoms with Gasteiger partial charge >= 0.3 is 6.09 Å². The van der Waals surface area contributed by atoms with Crippen molar-refractivity contribution in [3.05, 3.63) is 51.1 Å². The van der Waals surface area contributed by atoms with E-state index in [1.54, 1.807) is 12.1 Å². The number of carbonyl (C=O) groups is 2. The molecular formula is C22H24Cl3N5O3. The third-order valence-corrected chi connectivity index (χ3v) is 7.37. The van der Waals surface area contributed by atoms with Crippen LogP contribution in [0.4, 0.5) is 10.6 Å². The number of carbonyl (C=O) groups excluding carboxylic acids is 1. The number of hydrogen-bond donors (Lipinski definition) is 2. The average Bonchev–Trinajstić information content (AvgIpc) is 3.24. The lowest BCUT2D eigenvalue weighted by atomic mass is 9.89. The molecule has 0 radical (unpaired) electrons. The number of likely N-dealkylation sites (tertiary alicyclic amines) is 1. The van der Waals surface area contributed by atoms with Crippen molar-refractivity contribution in [3.63, 3.8) is 0 Å². The van der Waals surface area contributed by atoms with Gasteiger partial charge in [-0.2, -0.15) is 0 Å². The van der Waals surface area contributed by atoms with E-state index >= 15 is 0 Å². The Morgan fingerprint density at radius 1 is 1.03 bits per heavy atom. The SMILES string of the molecule is O=C(O)NC[C@@H]1CN(C(=O)C2CCN(c3ccc(Cl)nn3)CC2)C[C@@H]1c1ccc(Cl)c(Cl)c1. The van der Waals surface area contributed by atoms with Crippen molar-refractivity contribution in [2.45, 2.75) is 18.8 Å². The molecule has 8 nitrogen and oxygen atoms in total. The summed E-state index contributed by atoms with van der Waals surface area (Å²) in [7, 11) is 0. The number of nitrogens with zero attached hydrogens (tertiary/aromatic N) is 4. The fourth-order valence-corrected chi connectivity index (χ4v) is 5.10. The van der Waals surface area contributed by atoms with Crippen LogP contribution in [0.3, 0.4) is 0 Å². The number of piperidine rings is 1. The zero-order chi connectivity index (χ0) is 23.5. The van der Waals surface area contributed by atoms with Gasteiger partial charge in [-0.15, -0.1) is 10.2 Å². The lowest BCUT2D eigenvalue weighted by molar-refractivity contribution is -0.135. The molecule has 0 bridgehead atoms. The van der Waals surface area contributed by atoms with Gasteiger partial charge in [0.05, 0.1) is 10.0 Å². The number of halogens is 3. The highest BCUT2D eigenvalue weighted by Gasteiger charge is 2.39. The molecule has 33 heavy (non-hydrogen) atoms. The van der Waals surface area contributed by atoms with Crippen LogP contribution in [0.5, 0.6) is 0 Å². The second-order valence-electron chi connectivity index (χ2n) is 8.44. The van der Waals surface area contributed by atoms with E-state index in [9.17, 15) is 9.59 Å². The van der Waals surface area contributed by atoms with Gasteiger partial charge in [-0.1, -0.05) is 40.9 Å². The first-order valence-electron chi connectivity index (χ1n) is 10.8. The molecule has 0 saturated carbocycles. The van der Waals surface area contributed by atoms with Gasteiger partial charge < -0.3 is 20.2 Å². The van der Waals surface area contributed by atoms with Crippen LogP contribution in [0.25, 0.3) is 0 Å². The van der Waals surface area contributed by atoms with Crippen LogP contribution in [0.15, 0.2) is 30.3 Å². The number of anilines is 1. The minimum absolute atomic E-state index is 0.0278. The summed E-state index contributed by atoms with van der Waals surface area (Å²) in [5.74, 6) is 0.708. The van der Waals surface area contributed by atoms with Gasteiger partial charge in [0, 0.05) is 50.5 Å². The van der Waals surface area contributed by atoms with Crippen molar-refractivity contribution >= 4 is 52.6 Å². The Bertz CT molecular complexity index is 1010. The highest BCUT2D eigenvalue weighted by molar-refractivity contribution is 6.42. The predicted octanol–water partition coefficient (Wildman–Crippen LogP) is 4.16. The van der Waals surface area contributed by atoms with Gasteiger partial charge in [0.2, 0.25) is 5.91 Å². The Balaban J connectivity index is 1.42. The normalized spacial score (nSPS) is 21.3. The highest BCUT2D eigenvalue weighted by Crippen LogP contribution is 2.37. The number of benzene rings is 1. The van der Waals surface area contributed by atoms with Crippen LogP contribution in [-0.4, -0.2) is 64.9 Å². The van der Waals surface area contributed by atoms with Gasteiger partial charge in [-0.05, 0) is 42.7 Å². The van der Waals surface area contributed by atoms with Crippen LogP contribution in [-0.2, 0) is 4.79 Å². The molecule has 11 heteroatoms. The van der Waals surface area contributed by atoms with Crippen LogP contribution >= 0.6 is 34.8 Å². The monoisotopic (exact) mass is 511 g/mol. The summed E-state index contributed by atoms with van der Waals surface area (Å²) in [6.07, 6.45) is 0.356. The number of nitrogens with one attached hydrogen (secondary N) is 1. The molecule has 1 aromatic carbocycles. The summed E-state index contributed by atoms with van der Waals surface area (Å²) >= 11 is 18.1. The zero-order valence-electron chi connectivity index (χ0n) is 17.8. The molecule has 0 aliphatic carbocycles. The third kappa shape index (κ3) is 5.62. The Morgan fingerprint density at radius 2 is 1.79 bits per heavy atom. The molecule has 2 amide bonds. The molecule has 176 valence electrons. The Labute approximate surface area is 206 Å². The first-order valence-corrected chi connectivity index (χ1v) is 11.9. The van der Waals surface area contributed by atoms with E-state index in [0.29, 0.717) is 41.4 Å². The summed E-state index contributed by atoms with van der Waals surface area (Å²) < 4.78 is 0. The minimum atomic E-state index is -1.08. The Morgan fingerprint density at radius 3 is 2.42 bits per heavy atom. The molecule has 0 spiro atoms. The summed E-state index contributed by atoms with van der Waals surface area (Å²) in [5, 5.41) is 20.8. The van der Waals surface area contributed by atoms with Crippen molar-refractivity contribution in [2.24, 2.45) is 11.8 Å². The van der Waals surface area contributed by atoms with E-state index in [0.717, 1.165) is 24.2 Å². The number of amides is 2. The summed E-state index contributed by atoms with van der Waals surface area (Å²) in [5.41, 5.74) is 0.952. The molecular weight excluding hydrogens is 489 g/mol. The van der Waals surface area contributed by atoms with Gasteiger partial charge in [0.25, 0.3) is 0 Å². The second-order valence-corrected chi connectivity index (χ2v) is 9.65. The van der Waals surface area contributed by atoms with E-state index < -0.39 is 6.09 Å². The molecule has 3 heterocycles. The third-order valence-electron chi connectivity index (χ3n) is 6.43. The lowest BCUT2D eigenvalue weighted by Gasteiger charge is -2.33. The predicted molar refractivity (Wildman–Crippen MR) is 127 cm³/mol. The Hall–Kier alpha value is -2.29. The maximum Gasteiger partial charge on any atom is 0.404 e. The van der Waals surface area contributed by atoms with Crippen LogP contribution in [0.1, 0.15) is 24.3 Å². The maximum atomic E-state index is 13.3. The average molecular weight is 513 g/mol. The zero-order valence-corrected chi connectivity index (χ0v) is 20.0. The quantitative estimate of drug-likeness (QED) is 0.624. The van der Waals surface area contributed by atoms with Crippen molar-refractivity contribution in [2.75, 3.05) is 37.6 Å². The highest BCUT2D eigenvalue weighted by atomic mass is 35.5. The summed E-state index contributed by atoms with van der Waals surface area (Å²) in [6.45, 7) is 2.69. The smallest absolute Gasteiger partial charge is 0.404 e. The van der Waals surface area contributed by atoms with Gasteiger partial charge in [-0.25, -0.2) is 4.79 Å². The van der Waals surface area contributed by atoms with E-state index in [2.05, 4.69) is 20.4 Å². The fraction of sp³-hybridized carbons (Fsp3) is 0.455. The molecule has 2 aliphatic rings. The fourth-order valence-electron chi connectivity index (χ4n) is 4.69. The Kier molecular flexibility index (Phi) is 7.46. The van der Waals surface area contributed by atoms with Gasteiger partial charge in [0.15, 0.2) is 11.0 Å². The van der Waals surface area contributed by atoms with E-state index in [-0.39, 0.29) is 30.2 Å². The number of rotatable bonds is 5. The second kappa shape index (κ2) is 10.3. The van der Waals surface area contributed by atoms with Gasteiger partial charge in [0.1, 0.15) is 0 Å².